The number of nitro benzene ring substituents is 1. The van der Waals surface area contributed by atoms with Gasteiger partial charge in [0.05, 0.1) is 23.1 Å². The van der Waals surface area contributed by atoms with Gasteiger partial charge in [-0.15, -0.1) is 0 Å². The first-order valence-electron chi connectivity index (χ1n) is 13.6. The molecule has 0 bridgehead atoms. The third-order valence-corrected chi connectivity index (χ3v) is 7.30. The molecule has 0 spiro atoms. The Labute approximate surface area is 238 Å². The summed E-state index contributed by atoms with van der Waals surface area (Å²) in [6.45, 7) is 0. The number of methoxy groups -OCH3 is 1. The topological polar surface area (TPSA) is 119 Å². The standard InChI is InChI=1S/C31H33N5O5/c1-35(2)28-19-30(34-27-7-5-4-6-25(27)28)32-20-8-10-21(11-9-20)33-31(37)26-18-22(36(38)39)12-17-29(26)41-24-15-13-23(40-3)14-16-24/h4-7,12-21H,8-11H2,1-3H3,(H,32,34)(H,33,37)/t20-,21+. The van der Waals surface area contributed by atoms with Crippen LogP contribution in [-0.2, 0) is 0 Å². The third-order valence-electron chi connectivity index (χ3n) is 7.30. The van der Waals surface area contributed by atoms with E-state index in [0.717, 1.165) is 48.1 Å². The van der Waals surface area contributed by atoms with E-state index >= 15 is 0 Å². The summed E-state index contributed by atoms with van der Waals surface area (Å²) in [6.07, 6.45) is 3.23. The number of aromatic nitrogens is 1. The number of pyridine rings is 1. The lowest BCUT2D eigenvalue weighted by Gasteiger charge is -2.30. The fourth-order valence-corrected chi connectivity index (χ4v) is 5.12. The Balaban J connectivity index is 1.25. The summed E-state index contributed by atoms with van der Waals surface area (Å²) in [7, 11) is 5.61. The molecule has 1 aliphatic rings. The largest absolute Gasteiger partial charge is 0.497 e. The van der Waals surface area contributed by atoms with E-state index in [1.54, 1.807) is 31.4 Å². The predicted octanol–water partition coefficient (Wildman–Crippen LogP) is 6.16. The normalized spacial score (nSPS) is 16.6. The van der Waals surface area contributed by atoms with Crippen molar-refractivity contribution in [2.24, 2.45) is 0 Å². The summed E-state index contributed by atoms with van der Waals surface area (Å²) in [4.78, 5) is 31.1. The molecule has 10 nitrogen and oxygen atoms in total. The van der Waals surface area contributed by atoms with E-state index in [1.807, 2.05) is 32.3 Å². The van der Waals surface area contributed by atoms with E-state index in [1.165, 1.54) is 18.2 Å². The Hall–Kier alpha value is -4.86. The SMILES string of the molecule is COc1ccc(Oc2ccc([N+](=O)[O-])cc2C(=O)N[C@H]2CC[C@@H](Nc3cc(N(C)C)c4ccccc4n3)CC2)cc1. The Bertz CT molecular complexity index is 1550. The fourth-order valence-electron chi connectivity index (χ4n) is 5.12. The molecule has 41 heavy (non-hydrogen) atoms. The number of nitrogens with one attached hydrogen (secondary N) is 2. The molecule has 1 heterocycles. The Morgan fingerprint density at radius 3 is 2.32 bits per heavy atom. The summed E-state index contributed by atoms with van der Waals surface area (Å²) in [5, 5.41) is 19.2. The molecule has 212 valence electrons. The van der Waals surface area contributed by atoms with Crippen molar-refractivity contribution in [2.75, 3.05) is 31.4 Å². The number of ether oxygens (including phenoxy) is 2. The molecule has 0 atom stereocenters. The zero-order chi connectivity index (χ0) is 28.9. The van der Waals surface area contributed by atoms with Crippen molar-refractivity contribution in [3.63, 3.8) is 0 Å². The van der Waals surface area contributed by atoms with Crippen LogP contribution >= 0.6 is 0 Å². The number of nitro groups is 1. The van der Waals surface area contributed by atoms with Crippen LogP contribution in [0.25, 0.3) is 10.9 Å². The molecule has 4 aromatic rings. The number of amides is 1. The molecule has 5 rings (SSSR count). The smallest absolute Gasteiger partial charge is 0.270 e. The molecule has 1 aromatic heterocycles. The monoisotopic (exact) mass is 555 g/mol. The number of anilines is 2. The molecule has 3 aromatic carbocycles. The van der Waals surface area contributed by atoms with Gasteiger partial charge in [-0.3, -0.25) is 14.9 Å². The molecule has 0 unspecified atom stereocenters. The van der Waals surface area contributed by atoms with Gasteiger partial charge in [-0.1, -0.05) is 18.2 Å². The van der Waals surface area contributed by atoms with E-state index in [9.17, 15) is 14.9 Å². The van der Waals surface area contributed by atoms with Crippen LogP contribution < -0.4 is 25.0 Å². The van der Waals surface area contributed by atoms with E-state index < -0.39 is 10.8 Å². The van der Waals surface area contributed by atoms with Gasteiger partial charge >= 0.3 is 0 Å². The van der Waals surface area contributed by atoms with Crippen molar-refractivity contribution in [3.8, 4) is 17.2 Å². The van der Waals surface area contributed by atoms with Crippen LogP contribution in [0.1, 0.15) is 36.0 Å². The minimum Gasteiger partial charge on any atom is -0.497 e. The first-order chi connectivity index (χ1) is 19.8. The molecule has 2 N–H and O–H groups in total. The highest BCUT2D eigenvalue weighted by Crippen LogP contribution is 2.32. The highest BCUT2D eigenvalue weighted by Gasteiger charge is 2.26. The zero-order valence-electron chi connectivity index (χ0n) is 23.3. The van der Waals surface area contributed by atoms with Crippen LogP contribution in [0.4, 0.5) is 17.2 Å². The molecule has 10 heteroatoms. The highest BCUT2D eigenvalue weighted by atomic mass is 16.6. The molecule has 1 amide bonds. The zero-order valence-corrected chi connectivity index (χ0v) is 23.3. The van der Waals surface area contributed by atoms with Crippen molar-refractivity contribution < 1.29 is 19.2 Å². The van der Waals surface area contributed by atoms with Gasteiger partial charge < -0.3 is 25.0 Å². The van der Waals surface area contributed by atoms with Crippen LogP contribution in [0.2, 0.25) is 0 Å². The van der Waals surface area contributed by atoms with Gasteiger partial charge in [-0.25, -0.2) is 4.98 Å². The van der Waals surface area contributed by atoms with Crippen LogP contribution in [0.3, 0.4) is 0 Å². The maximum Gasteiger partial charge on any atom is 0.270 e. The van der Waals surface area contributed by atoms with Gasteiger partial charge in [-0.05, 0) is 62.1 Å². The predicted molar refractivity (Wildman–Crippen MR) is 159 cm³/mol. The lowest BCUT2D eigenvalue weighted by atomic mass is 9.91. The molecule has 0 saturated heterocycles. The molecule has 1 saturated carbocycles. The van der Waals surface area contributed by atoms with Crippen molar-refractivity contribution >= 4 is 34.0 Å². The number of non-ortho nitro benzene ring substituents is 1. The number of hydrogen-bond acceptors (Lipinski definition) is 8. The van der Waals surface area contributed by atoms with Crippen molar-refractivity contribution in [1.29, 1.82) is 0 Å². The number of nitrogens with zero attached hydrogens (tertiary/aromatic N) is 3. The van der Waals surface area contributed by atoms with Crippen LogP contribution in [0.5, 0.6) is 17.2 Å². The van der Waals surface area contributed by atoms with Gasteiger partial charge in [0.15, 0.2) is 0 Å². The maximum atomic E-state index is 13.3. The minimum absolute atomic E-state index is 0.0597. The summed E-state index contributed by atoms with van der Waals surface area (Å²) in [5.74, 6) is 1.82. The van der Waals surface area contributed by atoms with Gasteiger partial charge in [0.2, 0.25) is 0 Å². The Morgan fingerprint density at radius 1 is 0.951 bits per heavy atom. The number of fused-ring (bicyclic) bond motifs is 1. The molecular formula is C31H33N5O5. The molecule has 0 radical (unpaired) electrons. The van der Waals surface area contributed by atoms with E-state index in [-0.39, 0.29) is 29.1 Å². The number of hydrogen-bond donors (Lipinski definition) is 2. The number of carbonyl (C=O) groups excluding carboxylic acids is 1. The number of rotatable bonds is 9. The molecule has 1 fully saturated rings. The first-order valence-corrected chi connectivity index (χ1v) is 13.6. The summed E-state index contributed by atoms with van der Waals surface area (Å²) >= 11 is 0. The van der Waals surface area contributed by atoms with Crippen LogP contribution in [0.15, 0.2) is 72.8 Å². The van der Waals surface area contributed by atoms with Crippen molar-refractivity contribution in [1.82, 2.24) is 10.3 Å². The van der Waals surface area contributed by atoms with Gasteiger partial charge in [0, 0.05) is 55.5 Å². The quantitative estimate of drug-likeness (QED) is 0.186. The summed E-state index contributed by atoms with van der Waals surface area (Å²) in [5.41, 5.74) is 1.98. The number of carbonyl (C=O) groups is 1. The number of benzene rings is 3. The average molecular weight is 556 g/mol. The average Bonchev–Trinajstić information content (AvgIpc) is 2.98. The van der Waals surface area contributed by atoms with E-state index in [2.05, 4.69) is 27.7 Å². The maximum absolute atomic E-state index is 13.3. The highest BCUT2D eigenvalue weighted by molar-refractivity contribution is 5.98. The minimum atomic E-state index is -0.520. The Morgan fingerprint density at radius 2 is 1.63 bits per heavy atom. The van der Waals surface area contributed by atoms with E-state index in [4.69, 9.17) is 14.5 Å². The summed E-state index contributed by atoms with van der Waals surface area (Å²) < 4.78 is 11.1. The van der Waals surface area contributed by atoms with Gasteiger partial charge in [0.1, 0.15) is 23.1 Å². The second kappa shape index (κ2) is 12.1. The van der Waals surface area contributed by atoms with Gasteiger partial charge in [-0.2, -0.15) is 0 Å². The molecule has 1 aliphatic carbocycles. The molecule has 0 aliphatic heterocycles. The van der Waals surface area contributed by atoms with Crippen molar-refractivity contribution in [3.05, 3.63) is 88.5 Å². The lowest BCUT2D eigenvalue weighted by Crippen LogP contribution is -2.40. The number of para-hydroxylation sites is 1. The van der Waals surface area contributed by atoms with Gasteiger partial charge in [0.25, 0.3) is 11.6 Å². The molecular weight excluding hydrogens is 522 g/mol. The lowest BCUT2D eigenvalue weighted by molar-refractivity contribution is -0.384. The van der Waals surface area contributed by atoms with Crippen LogP contribution in [0, 0.1) is 10.1 Å². The Kier molecular flexibility index (Phi) is 8.19. The summed E-state index contributed by atoms with van der Waals surface area (Å²) in [6, 6.07) is 21.3. The third kappa shape index (κ3) is 6.49. The van der Waals surface area contributed by atoms with Crippen LogP contribution in [-0.4, -0.2) is 49.1 Å². The second-order valence-corrected chi connectivity index (χ2v) is 10.3. The van der Waals surface area contributed by atoms with Crippen molar-refractivity contribution in [2.45, 2.75) is 37.8 Å². The van der Waals surface area contributed by atoms with E-state index in [0.29, 0.717) is 11.5 Å². The first kappa shape index (κ1) is 27.7. The second-order valence-electron chi connectivity index (χ2n) is 10.3. The fraction of sp³-hybridized carbons (Fsp3) is 0.290.